The highest BCUT2D eigenvalue weighted by Crippen LogP contribution is 2.38. The standard InChI is InChI=1S/C25H25FN4O2S2/c1-15-21(24-28-23(29-32-24)17-5-3-6-18(26)13-17)22(16-8-10-20(34-2)11-9-16)27-25(33)30(15)14-19-7-4-12-31-19/h3,5-6,8-11,13,19,22H,4,7,12,14H2,1-2H3,(H,27,33). The summed E-state index contributed by atoms with van der Waals surface area (Å²) in [5, 5.41) is 8.27. The van der Waals surface area contributed by atoms with Crippen LogP contribution in [0.1, 0.15) is 37.3 Å². The normalized spacial score (nSPS) is 20.7. The summed E-state index contributed by atoms with van der Waals surface area (Å²) in [6.07, 6.45) is 4.23. The van der Waals surface area contributed by atoms with Crippen LogP contribution in [0.2, 0.25) is 0 Å². The first-order valence-electron chi connectivity index (χ1n) is 11.2. The summed E-state index contributed by atoms with van der Waals surface area (Å²) in [6, 6.07) is 14.3. The van der Waals surface area contributed by atoms with Crippen LogP contribution in [0.15, 0.2) is 63.6 Å². The van der Waals surface area contributed by atoms with Gasteiger partial charge in [0, 0.05) is 22.8 Å². The Morgan fingerprint density at radius 2 is 2.06 bits per heavy atom. The minimum absolute atomic E-state index is 0.124. The van der Waals surface area contributed by atoms with E-state index in [4.69, 9.17) is 21.5 Å². The number of aromatic nitrogens is 2. The third-order valence-electron chi connectivity index (χ3n) is 6.19. The lowest BCUT2D eigenvalue weighted by molar-refractivity contribution is 0.0962. The maximum absolute atomic E-state index is 13.8. The minimum atomic E-state index is -0.349. The summed E-state index contributed by atoms with van der Waals surface area (Å²) in [5.41, 5.74) is 3.38. The van der Waals surface area contributed by atoms with Gasteiger partial charge in [-0.15, -0.1) is 11.8 Å². The predicted octanol–water partition coefficient (Wildman–Crippen LogP) is 5.44. The highest BCUT2D eigenvalue weighted by atomic mass is 32.2. The molecule has 1 N–H and O–H groups in total. The van der Waals surface area contributed by atoms with Gasteiger partial charge in [0.1, 0.15) is 5.82 Å². The van der Waals surface area contributed by atoms with Gasteiger partial charge in [0.2, 0.25) is 5.82 Å². The molecule has 2 unspecified atom stereocenters. The number of hydrogen-bond donors (Lipinski definition) is 1. The molecule has 34 heavy (non-hydrogen) atoms. The molecule has 0 aliphatic carbocycles. The van der Waals surface area contributed by atoms with E-state index in [0.29, 0.717) is 28.9 Å². The molecule has 5 rings (SSSR count). The fraction of sp³-hybridized carbons (Fsp3) is 0.320. The van der Waals surface area contributed by atoms with E-state index in [-0.39, 0.29) is 18.0 Å². The van der Waals surface area contributed by atoms with Gasteiger partial charge in [0.25, 0.3) is 5.89 Å². The van der Waals surface area contributed by atoms with Crippen molar-refractivity contribution in [2.24, 2.45) is 0 Å². The topological polar surface area (TPSA) is 63.4 Å². The van der Waals surface area contributed by atoms with Crippen LogP contribution in [0.4, 0.5) is 4.39 Å². The van der Waals surface area contributed by atoms with Crippen molar-refractivity contribution in [3.05, 3.63) is 71.5 Å². The molecule has 1 saturated heterocycles. The highest BCUT2D eigenvalue weighted by molar-refractivity contribution is 7.98. The van der Waals surface area contributed by atoms with Crippen LogP contribution in [0, 0.1) is 5.82 Å². The molecular formula is C25H25FN4O2S2. The van der Waals surface area contributed by atoms with E-state index in [9.17, 15) is 4.39 Å². The fourth-order valence-corrected chi connectivity index (χ4v) is 5.13. The third kappa shape index (κ3) is 4.60. The molecule has 3 aromatic rings. The van der Waals surface area contributed by atoms with E-state index in [1.165, 1.54) is 17.0 Å². The monoisotopic (exact) mass is 496 g/mol. The summed E-state index contributed by atoms with van der Waals surface area (Å²) in [5.74, 6) is 0.367. The van der Waals surface area contributed by atoms with Gasteiger partial charge in [-0.25, -0.2) is 4.39 Å². The quantitative estimate of drug-likeness (QED) is 0.358. The first kappa shape index (κ1) is 23.0. The molecule has 3 heterocycles. The number of thiocarbonyl (C=S) groups is 1. The van der Waals surface area contributed by atoms with Gasteiger partial charge in [0.15, 0.2) is 5.11 Å². The second-order valence-corrected chi connectivity index (χ2v) is 9.60. The van der Waals surface area contributed by atoms with E-state index in [0.717, 1.165) is 36.3 Å². The second kappa shape index (κ2) is 9.85. The molecule has 2 aliphatic rings. The minimum Gasteiger partial charge on any atom is -0.376 e. The maximum atomic E-state index is 13.8. The number of rotatable bonds is 6. The van der Waals surface area contributed by atoms with Crippen LogP contribution >= 0.6 is 24.0 Å². The van der Waals surface area contributed by atoms with Crippen LogP contribution < -0.4 is 5.32 Å². The molecule has 2 aromatic carbocycles. The van der Waals surface area contributed by atoms with E-state index in [1.54, 1.807) is 23.9 Å². The molecule has 0 amide bonds. The number of halogens is 1. The Balaban J connectivity index is 1.56. The summed E-state index contributed by atoms with van der Waals surface area (Å²) in [7, 11) is 0. The Labute approximate surface area is 207 Å². The van der Waals surface area contributed by atoms with Crippen molar-refractivity contribution in [3.63, 3.8) is 0 Å². The van der Waals surface area contributed by atoms with Crippen molar-refractivity contribution >= 4 is 34.7 Å². The summed E-state index contributed by atoms with van der Waals surface area (Å²) < 4.78 is 25.4. The Bertz CT molecular complexity index is 1220. The van der Waals surface area contributed by atoms with Gasteiger partial charge >= 0.3 is 0 Å². The van der Waals surface area contributed by atoms with Crippen LogP contribution in [0.5, 0.6) is 0 Å². The zero-order valence-corrected chi connectivity index (χ0v) is 20.6. The lowest BCUT2D eigenvalue weighted by Crippen LogP contribution is -2.48. The molecule has 1 fully saturated rings. The molecule has 0 radical (unpaired) electrons. The van der Waals surface area contributed by atoms with Gasteiger partial charge in [-0.3, -0.25) is 0 Å². The number of nitrogens with one attached hydrogen (secondary N) is 1. The second-order valence-electron chi connectivity index (χ2n) is 8.33. The Morgan fingerprint density at radius 3 is 2.76 bits per heavy atom. The summed E-state index contributed by atoms with van der Waals surface area (Å²) in [6.45, 7) is 3.45. The van der Waals surface area contributed by atoms with Gasteiger partial charge < -0.3 is 19.5 Å². The van der Waals surface area contributed by atoms with Crippen molar-refractivity contribution in [3.8, 4) is 11.4 Å². The first-order valence-corrected chi connectivity index (χ1v) is 12.8. The van der Waals surface area contributed by atoms with Gasteiger partial charge in [0.05, 0.1) is 24.3 Å². The fourth-order valence-electron chi connectivity index (χ4n) is 4.39. The lowest BCUT2D eigenvalue weighted by atomic mass is 9.94. The number of nitrogens with zero attached hydrogens (tertiary/aromatic N) is 3. The van der Waals surface area contributed by atoms with Gasteiger partial charge in [-0.1, -0.05) is 29.4 Å². The number of thioether (sulfide) groups is 1. The van der Waals surface area contributed by atoms with Crippen LogP contribution in [-0.4, -0.2) is 45.7 Å². The van der Waals surface area contributed by atoms with E-state index < -0.39 is 0 Å². The average molecular weight is 497 g/mol. The van der Waals surface area contributed by atoms with E-state index in [1.807, 2.05) is 13.2 Å². The van der Waals surface area contributed by atoms with Crippen LogP contribution in [0.25, 0.3) is 17.0 Å². The Hall–Kier alpha value is -2.75. The molecule has 176 valence electrons. The van der Waals surface area contributed by atoms with Crippen LogP contribution in [0.3, 0.4) is 0 Å². The molecular weight excluding hydrogens is 471 g/mol. The maximum Gasteiger partial charge on any atom is 0.258 e. The molecule has 9 heteroatoms. The van der Waals surface area contributed by atoms with Crippen molar-refractivity contribution < 1.29 is 13.7 Å². The van der Waals surface area contributed by atoms with Crippen molar-refractivity contribution in [2.45, 2.75) is 36.8 Å². The zero-order valence-electron chi connectivity index (χ0n) is 19.0. The molecule has 1 aromatic heterocycles. The number of allylic oxidation sites excluding steroid dienone is 1. The summed E-state index contributed by atoms with van der Waals surface area (Å²) >= 11 is 7.47. The van der Waals surface area contributed by atoms with Crippen LogP contribution in [-0.2, 0) is 4.74 Å². The largest absolute Gasteiger partial charge is 0.376 e. The van der Waals surface area contributed by atoms with Gasteiger partial charge in [-0.2, -0.15) is 4.98 Å². The lowest BCUT2D eigenvalue weighted by Gasteiger charge is -2.38. The van der Waals surface area contributed by atoms with E-state index >= 15 is 0 Å². The van der Waals surface area contributed by atoms with Crippen molar-refractivity contribution in [1.82, 2.24) is 20.4 Å². The molecule has 6 nitrogen and oxygen atoms in total. The molecule has 0 bridgehead atoms. The Morgan fingerprint density at radius 1 is 1.24 bits per heavy atom. The van der Waals surface area contributed by atoms with E-state index in [2.05, 4.69) is 44.6 Å². The highest BCUT2D eigenvalue weighted by Gasteiger charge is 2.35. The number of hydrogen-bond acceptors (Lipinski definition) is 6. The van der Waals surface area contributed by atoms with Crippen molar-refractivity contribution in [2.75, 3.05) is 19.4 Å². The first-order chi connectivity index (χ1) is 16.5. The molecule has 0 saturated carbocycles. The Kier molecular flexibility index (Phi) is 6.67. The summed E-state index contributed by atoms with van der Waals surface area (Å²) in [4.78, 5) is 7.88. The number of ether oxygens (including phenoxy) is 1. The predicted molar refractivity (Wildman–Crippen MR) is 135 cm³/mol. The average Bonchev–Trinajstić information content (AvgIpc) is 3.54. The molecule has 0 spiro atoms. The molecule has 2 atom stereocenters. The smallest absolute Gasteiger partial charge is 0.258 e. The number of benzene rings is 2. The SMILES string of the molecule is CSc1ccc(C2NC(=S)N(CC3CCCO3)C(C)=C2c2nc(-c3cccc(F)c3)no2)cc1. The molecule has 2 aliphatic heterocycles. The third-order valence-corrected chi connectivity index (χ3v) is 7.28. The van der Waals surface area contributed by atoms with Gasteiger partial charge in [-0.05, 0) is 68.1 Å². The van der Waals surface area contributed by atoms with Crippen molar-refractivity contribution in [1.29, 1.82) is 0 Å². The zero-order chi connectivity index (χ0) is 23.7.